The molecule has 1 unspecified atom stereocenters. The second kappa shape index (κ2) is 7.75. The molecule has 0 radical (unpaired) electrons. The predicted molar refractivity (Wildman–Crippen MR) is 88.8 cm³/mol. The Hall–Kier alpha value is -1.39. The number of hydrogen-bond acceptors (Lipinski definition) is 3. The highest BCUT2D eigenvalue weighted by atomic mass is 16.2. The molecule has 1 atom stereocenters. The zero-order valence-corrected chi connectivity index (χ0v) is 13.3. The van der Waals surface area contributed by atoms with Gasteiger partial charge in [-0.15, -0.1) is 0 Å². The Labute approximate surface area is 133 Å². The first-order chi connectivity index (χ1) is 10.8. The molecule has 2 aliphatic rings. The molecule has 4 heteroatoms. The maximum Gasteiger partial charge on any atom is 0.237 e. The molecule has 0 aromatic heterocycles. The Balaban J connectivity index is 1.36. The van der Waals surface area contributed by atoms with E-state index in [2.05, 4.69) is 45.9 Å². The number of piperidine rings is 1. The molecule has 0 aliphatic carbocycles. The van der Waals surface area contributed by atoms with Crippen LogP contribution in [-0.4, -0.2) is 49.1 Å². The van der Waals surface area contributed by atoms with Crippen LogP contribution < -0.4 is 10.6 Å². The molecule has 0 saturated carbocycles. The van der Waals surface area contributed by atoms with E-state index in [9.17, 15) is 4.79 Å². The van der Waals surface area contributed by atoms with Crippen LogP contribution in [0.1, 0.15) is 31.2 Å². The maximum atomic E-state index is 12.1. The second-order valence-corrected chi connectivity index (χ2v) is 6.51. The van der Waals surface area contributed by atoms with Crippen LogP contribution in [0.15, 0.2) is 30.3 Å². The summed E-state index contributed by atoms with van der Waals surface area (Å²) in [5.74, 6) is 0.209. The lowest BCUT2D eigenvalue weighted by Gasteiger charge is -2.32. The number of rotatable bonds is 5. The van der Waals surface area contributed by atoms with Crippen molar-refractivity contribution >= 4 is 5.91 Å². The zero-order chi connectivity index (χ0) is 15.2. The molecular formula is C18H27N3O. The Kier molecular flexibility index (Phi) is 5.46. The normalized spacial score (nSPS) is 23.5. The van der Waals surface area contributed by atoms with E-state index in [0.717, 1.165) is 58.3 Å². The number of likely N-dealkylation sites (tertiary alicyclic amines) is 1. The van der Waals surface area contributed by atoms with E-state index < -0.39 is 0 Å². The van der Waals surface area contributed by atoms with Gasteiger partial charge in [-0.05, 0) is 44.2 Å². The lowest BCUT2D eigenvalue weighted by Crippen LogP contribution is -2.49. The van der Waals surface area contributed by atoms with E-state index in [1.54, 1.807) is 0 Å². The van der Waals surface area contributed by atoms with Crippen LogP contribution in [0.25, 0.3) is 0 Å². The topological polar surface area (TPSA) is 44.4 Å². The maximum absolute atomic E-state index is 12.1. The minimum atomic E-state index is 0.0520. The third-order valence-electron chi connectivity index (χ3n) is 4.87. The molecule has 120 valence electrons. The fraction of sp³-hybridized carbons (Fsp3) is 0.611. The number of carbonyl (C=O) groups excluding carboxylic acids is 1. The first-order valence-electron chi connectivity index (χ1n) is 8.61. The molecule has 3 rings (SSSR count). The minimum absolute atomic E-state index is 0.0520. The van der Waals surface area contributed by atoms with Crippen molar-refractivity contribution in [2.24, 2.45) is 0 Å². The largest absolute Gasteiger partial charge is 0.352 e. The van der Waals surface area contributed by atoms with E-state index in [1.807, 2.05) is 0 Å². The first-order valence-corrected chi connectivity index (χ1v) is 8.61. The monoisotopic (exact) mass is 301 g/mol. The lowest BCUT2D eigenvalue weighted by molar-refractivity contribution is -0.123. The smallest absolute Gasteiger partial charge is 0.237 e. The molecule has 2 N–H and O–H groups in total. The SMILES string of the molecule is O=C(NC1CCN(CCc2ccccc2)CC1)C1CCCN1. The number of amides is 1. The van der Waals surface area contributed by atoms with E-state index in [0.29, 0.717) is 6.04 Å². The fourth-order valence-corrected chi connectivity index (χ4v) is 3.44. The Morgan fingerprint density at radius 3 is 2.64 bits per heavy atom. The zero-order valence-electron chi connectivity index (χ0n) is 13.3. The van der Waals surface area contributed by atoms with Crippen molar-refractivity contribution in [1.82, 2.24) is 15.5 Å². The van der Waals surface area contributed by atoms with Crippen LogP contribution in [0.2, 0.25) is 0 Å². The average molecular weight is 301 g/mol. The van der Waals surface area contributed by atoms with Crippen LogP contribution in [0.5, 0.6) is 0 Å². The molecule has 0 bridgehead atoms. The van der Waals surface area contributed by atoms with E-state index in [4.69, 9.17) is 0 Å². The molecule has 2 heterocycles. The van der Waals surface area contributed by atoms with Crippen molar-refractivity contribution in [2.75, 3.05) is 26.2 Å². The van der Waals surface area contributed by atoms with Gasteiger partial charge in [0, 0.05) is 25.7 Å². The number of nitrogens with one attached hydrogen (secondary N) is 2. The molecule has 4 nitrogen and oxygen atoms in total. The van der Waals surface area contributed by atoms with Crippen LogP contribution >= 0.6 is 0 Å². The van der Waals surface area contributed by atoms with E-state index in [1.165, 1.54) is 5.56 Å². The van der Waals surface area contributed by atoms with Crippen molar-refractivity contribution in [2.45, 2.75) is 44.2 Å². The van der Waals surface area contributed by atoms with Crippen molar-refractivity contribution in [3.63, 3.8) is 0 Å². The van der Waals surface area contributed by atoms with E-state index in [-0.39, 0.29) is 11.9 Å². The van der Waals surface area contributed by atoms with Gasteiger partial charge in [0.1, 0.15) is 0 Å². The van der Waals surface area contributed by atoms with Gasteiger partial charge in [0.25, 0.3) is 0 Å². The summed E-state index contributed by atoms with van der Waals surface area (Å²) in [7, 11) is 0. The first kappa shape index (κ1) is 15.5. The fourth-order valence-electron chi connectivity index (χ4n) is 3.44. The van der Waals surface area contributed by atoms with Gasteiger partial charge in [-0.1, -0.05) is 30.3 Å². The van der Waals surface area contributed by atoms with Gasteiger partial charge in [-0.3, -0.25) is 4.79 Å². The molecule has 2 fully saturated rings. The highest BCUT2D eigenvalue weighted by Crippen LogP contribution is 2.13. The number of hydrogen-bond donors (Lipinski definition) is 2. The molecule has 1 aromatic carbocycles. The van der Waals surface area contributed by atoms with Crippen LogP contribution in [0.4, 0.5) is 0 Å². The summed E-state index contributed by atoms with van der Waals surface area (Å²) in [6.45, 7) is 4.29. The van der Waals surface area contributed by atoms with Gasteiger partial charge < -0.3 is 15.5 Å². The summed E-state index contributed by atoms with van der Waals surface area (Å²) in [6, 6.07) is 11.1. The summed E-state index contributed by atoms with van der Waals surface area (Å²) in [5, 5.41) is 6.50. The third-order valence-corrected chi connectivity index (χ3v) is 4.87. The predicted octanol–water partition coefficient (Wildman–Crippen LogP) is 1.56. The summed E-state index contributed by atoms with van der Waals surface area (Å²) < 4.78 is 0. The molecule has 1 amide bonds. The Morgan fingerprint density at radius 2 is 1.95 bits per heavy atom. The van der Waals surface area contributed by atoms with Crippen LogP contribution in [0, 0.1) is 0 Å². The van der Waals surface area contributed by atoms with Crippen LogP contribution in [-0.2, 0) is 11.2 Å². The Bertz CT molecular complexity index is 462. The number of benzene rings is 1. The van der Waals surface area contributed by atoms with Gasteiger partial charge in [0.2, 0.25) is 5.91 Å². The van der Waals surface area contributed by atoms with Crippen molar-refractivity contribution in [1.29, 1.82) is 0 Å². The van der Waals surface area contributed by atoms with Gasteiger partial charge in [0.05, 0.1) is 6.04 Å². The molecule has 2 saturated heterocycles. The Morgan fingerprint density at radius 1 is 1.18 bits per heavy atom. The summed E-state index contributed by atoms with van der Waals surface area (Å²) >= 11 is 0. The van der Waals surface area contributed by atoms with Gasteiger partial charge >= 0.3 is 0 Å². The summed E-state index contributed by atoms with van der Waals surface area (Å²) in [6.07, 6.45) is 5.38. The highest BCUT2D eigenvalue weighted by molar-refractivity contribution is 5.82. The third kappa shape index (κ3) is 4.31. The lowest BCUT2D eigenvalue weighted by atomic mass is 10.0. The number of nitrogens with zero attached hydrogens (tertiary/aromatic N) is 1. The second-order valence-electron chi connectivity index (χ2n) is 6.51. The number of carbonyl (C=O) groups is 1. The molecule has 0 spiro atoms. The molecule has 1 aromatic rings. The quantitative estimate of drug-likeness (QED) is 0.867. The minimum Gasteiger partial charge on any atom is -0.352 e. The van der Waals surface area contributed by atoms with Gasteiger partial charge in [0.15, 0.2) is 0 Å². The summed E-state index contributed by atoms with van der Waals surface area (Å²) in [4.78, 5) is 14.6. The molecule has 2 aliphatic heterocycles. The highest BCUT2D eigenvalue weighted by Gasteiger charge is 2.26. The van der Waals surface area contributed by atoms with E-state index >= 15 is 0 Å². The summed E-state index contributed by atoms with van der Waals surface area (Å²) in [5.41, 5.74) is 1.41. The van der Waals surface area contributed by atoms with Crippen LogP contribution in [0.3, 0.4) is 0 Å². The van der Waals surface area contributed by atoms with Gasteiger partial charge in [-0.2, -0.15) is 0 Å². The standard InChI is InChI=1S/C18H27N3O/c22-18(17-7-4-11-19-17)20-16-9-13-21(14-10-16)12-8-15-5-2-1-3-6-15/h1-3,5-6,16-17,19H,4,7-14H2,(H,20,22). The average Bonchev–Trinajstić information content (AvgIpc) is 3.10. The van der Waals surface area contributed by atoms with Crippen molar-refractivity contribution in [3.05, 3.63) is 35.9 Å². The van der Waals surface area contributed by atoms with Crippen molar-refractivity contribution in [3.8, 4) is 0 Å². The molecule has 22 heavy (non-hydrogen) atoms. The van der Waals surface area contributed by atoms with Crippen molar-refractivity contribution < 1.29 is 4.79 Å². The molecular weight excluding hydrogens is 274 g/mol. The van der Waals surface area contributed by atoms with Gasteiger partial charge in [-0.25, -0.2) is 0 Å².